The number of hydrogen-bond donors (Lipinski definition) is 0. The second-order valence-corrected chi connectivity index (χ2v) is 8.53. The number of nitrogens with zero attached hydrogens (tertiary/aromatic N) is 1. The summed E-state index contributed by atoms with van der Waals surface area (Å²) < 4.78 is 17.9. The lowest BCUT2D eigenvalue weighted by atomic mass is 10.1. The first kappa shape index (κ1) is 19.2. The lowest BCUT2D eigenvalue weighted by Gasteiger charge is -2.31. The van der Waals surface area contributed by atoms with Crippen molar-refractivity contribution in [3.8, 4) is 0 Å². The fraction of sp³-hybridized carbons (Fsp3) is 0.192. The van der Waals surface area contributed by atoms with Crippen molar-refractivity contribution in [1.82, 2.24) is 4.90 Å². The highest BCUT2D eigenvalue weighted by Gasteiger charge is 2.33. The van der Waals surface area contributed by atoms with E-state index in [1.54, 1.807) is 4.90 Å². The van der Waals surface area contributed by atoms with Crippen molar-refractivity contribution in [2.24, 2.45) is 0 Å². The minimum absolute atomic E-state index is 0.481. The summed E-state index contributed by atoms with van der Waals surface area (Å²) in [5, 5.41) is 1.95. The van der Waals surface area contributed by atoms with Gasteiger partial charge in [0.2, 0.25) is 0 Å². The van der Waals surface area contributed by atoms with Crippen LogP contribution in [0.4, 0.5) is 4.79 Å². The van der Waals surface area contributed by atoms with Gasteiger partial charge in [0.1, 0.15) is 16.8 Å². The van der Waals surface area contributed by atoms with Crippen LogP contribution in [-0.2, 0) is 4.74 Å². The van der Waals surface area contributed by atoms with E-state index in [0.717, 1.165) is 21.9 Å². The molecule has 5 heteroatoms. The molecule has 0 radical (unpaired) electrons. The number of allylic oxidation sites excluding steroid dienone is 2. The van der Waals surface area contributed by atoms with Crippen molar-refractivity contribution in [1.29, 1.82) is 0 Å². The minimum Gasteiger partial charge on any atom is -0.455 e. The molecule has 0 atom stereocenters. The zero-order chi connectivity index (χ0) is 21.6. The van der Waals surface area contributed by atoms with E-state index in [4.69, 9.17) is 13.6 Å². The second-order valence-electron chi connectivity index (χ2n) is 8.53. The van der Waals surface area contributed by atoms with Crippen molar-refractivity contribution >= 4 is 39.4 Å². The number of fused-ring (bicyclic) bond motifs is 2. The van der Waals surface area contributed by atoms with E-state index >= 15 is 0 Å². The van der Waals surface area contributed by atoms with Gasteiger partial charge < -0.3 is 13.6 Å². The predicted octanol–water partition coefficient (Wildman–Crippen LogP) is 7.20. The maximum absolute atomic E-state index is 13.4. The summed E-state index contributed by atoms with van der Waals surface area (Å²) in [5.41, 5.74) is 2.17. The molecule has 1 aliphatic heterocycles. The highest BCUT2D eigenvalue weighted by Crippen LogP contribution is 2.38. The maximum Gasteiger partial charge on any atom is 0.419 e. The Morgan fingerprint density at radius 3 is 1.77 bits per heavy atom. The van der Waals surface area contributed by atoms with E-state index in [1.165, 1.54) is 0 Å². The molecule has 4 aromatic rings. The molecule has 0 unspecified atom stereocenters. The van der Waals surface area contributed by atoms with Gasteiger partial charge in [0, 0.05) is 10.8 Å². The molecule has 1 amide bonds. The van der Waals surface area contributed by atoms with Gasteiger partial charge >= 0.3 is 6.09 Å². The average Bonchev–Trinajstić information content (AvgIpc) is 3.36. The molecule has 0 spiro atoms. The van der Waals surface area contributed by atoms with Crippen LogP contribution in [0.1, 0.15) is 38.7 Å². The van der Waals surface area contributed by atoms with Gasteiger partial charge in [-0.1, -0.05) is 48.6 Å². The van der Waals surface area contributed by atoms with Gasteiger partial charge in [-0.2, -0.15) is 0 Å². The molecule has 0 saturated heterocycles. The first-order chi connectivity index (χ1) is 14.9. The van der Waals surface area contributed by atoms with Gasteiger partial charge in [-0.3, -0.25) is 0 Å². The number of amides is 1. The molecule has 2 aromatic heterocycles. The molecule has 2 aromatic carbocycles. The zero-order valence-corrected chi connectivity index (χ0v) is 17.7. The number of hydrogen-bond acceptors (Lipinski definition) is 4. The Labute approximate surface area is 180 Å². The average molecular weight is 413 g/mol. The van der Waals surface area contributed by atoms with E-state index in [0.29, 0.717) is 29.3 Å². The van der Waals surface area contributed by atoms with Crippen LogP contribution < -0.4 is 0 Å². The van der Waals surface area contributed by atoms with Gasteiger partial charge in [-0.05, 0) is 51.5 Å². The number of furan rings is 2. The molecule has 0 saturated carbocycles. The number of ether oxygens (including phenoxy) is 1. The number of benzene rings is 2. The Morgan fingerprint density at radius 1 is 0.839 bits per heavy atom. The summed E-state index contributed by atoms with van der Waals surface area (Å²) in [7, 11) is 0. The highest BCUT2D eigenvalue weighted by atomic mass is 16.6. The summed E-state index contributed by atoms with van der Waals surface area (Å²) in [6, 6.07) is 19.5. The Balaban J connectivity index is 1.61. The molecule has 0 N–H and O–H groups in total. The first-order valence-electron chi connectivity index (χ1n) is 10.3. The van der Waals surface area contributed by atoms with Crippen molar-refractivity contribution in [3.63, 3.8) is 0 Å². The van der Waals surface area contributed by atoms with Gasteiger partial charge in [0.05, 0.1) is 11.4 Å². The van der Waals surface area contributed by atoms with Crippen LogP contribution in [0, 0.1) is 0 Å². The molecule has 156 valence electrons. The molecular weight excluding hydrogens is 390 g/mol. The smallest absolute Gasteiger partial charge is 0.419 e. The minimum atomic E-state index is -0.646. The number of para-hydroxylation sites is 2. The summed E-state index contributed by atoms with van der Waals surface area (Å²) in [6.45, 7) is 5.55. The lowest BCUT2D eigenvalue weighted by molar-refractivity contribution is 0.0421. The fourth-order valence-electron chi connectivity index (χ4n) is 3.74. The monoisotopic (exact) mass is 413 g/mol. The normalized spacial score (nSPS) is 14.6. The van der Waals surface area contributed by atoms with Crippen molar-refractivity contribution in [2.75, 3.05) is 0 Å². The molecular formula is C26H23NO4. The van der Waals surface area contributed by atoms with Crippen molar-refractivity contribution in [3.05, 3.63) is 84.3 Å². The second kappa shape index (κ2) is 7.20. The quantitative estimate of drug-likeness (QED) is 0.349. The van der Waals surface area contributed by atoms with Crippen LogP contribution >= 0.6 is 0 Å². The third-order valence-electron chi connectivity index (χ3n) is 5.04. The molecule has 0 bridgehead atoms. The van der Waals surface area contributed by atoms with Crippen LogP contribution in [0.2, 0.25) is 0 Å². The van der Waals surface area contributed by atoms with E-state index in [1.807, 2.05) is 93.6 Å². The Kier molecular flexibility index (Phi) is 4.47. The third-order valence-corrected chi connectivity index (χ3v) is 5.04. The van der Waals surface area contributed by atoms with Crippen LogP contribution in [0.3, 0.4) is 0 Å². The van der Waals surface area contributed by atoms with Gasteiger partial charge in [-0.25, -0.2) is 9.69 Å². The Hall–Kier alpha value is -3.73. The molecule has 1 aliphatic rings. The summed E-state index contributed by atoms with van der Waals surface area (Å²) in [6.07, 6.45) is 4.09. The van der Waals surface area contributed by atoms with Gasteiger partial charge in [0.15, 0.2) is 11.5 Å². The van der Waals surface area contributed by atoms with E-state index in [-0.39, 0.29) is 0 Å². The van der Waals surface area contributed by atoms with Crippen molar-refractivity contribution in [2.45, 2.75) is 32.8 Å². The molecule has 0 fully saturated rings. The number of carbonyl (C=O) groups excluding carboxylic acids is 1. The van der Waals surface area contributed by atoms with Crippen LogP contribution in [0.25, 0.3) is 33.3 Å². The standard InChI is InChI=1S/C26H23NO4/c1-26(2,3)31-25(28)27-19(23-15-17-9-4-6-13-21(17)29-23)11-8-12-20(27)24-16-18-10-5-7-14-22(18)30-24/h4-7,9-16H,8H2,1-3H3. The highest BCUT2D eigenvalue weighted by molar-refractivity contribution is 5.96. The van der Waals surface area contributed by atoms with Crippen LogP contribution in [-0.4, -0.2) is 16.6 Å². The van der Waals surface area contributed by atoms with Crippen molar-refractivity contribution < 1.29 is 18.4 Å². The molecule has 3 heterocycles. The van der Waals surface area contributed by atoms with E-state index < -0.39 is 11.7 Å². The zero-order valence-electron chi connectivity index (χ0n) is 17.7. The molecule has 5 rings (SSSR count). The number of carbonyl (C=O) groups is 1. The van der Waals surface area contributed by atoms with E-state index in [9.17, 15) is 4.79 Å². The summed E-state index contributed by atoms with van der Waals surface area (Å²) in [5.74, 6) is 1.21. The molecule has 5 nitrogen and oxygen atoms in total. The maximum atomic E-state index is 13.4. The first-order valence-corrected chi connectivity index (χ1v) is 10.3. The number of rotatable bonds is 2. The van der Waals surface area contributed by atoms with Gasteiger partial charge in [0.25, 0.3) is 0 Å². The summed E-state index contributed by atoms with van der Waals surface area (Å²) in [4.78, 5) is 14.9. The lowest BCUT2D eigenvalue weighted by Crippen LogP contribution is -2.35. The largest absolute Gasteiger partial charge is 0.455 e. The Bertz CT molecular complexity index is 1190. The Morgan fingerprint density at radius 2 is 1.32 bits per heavy atom. The van der Waals surface area contributed by atoms with Crippen LogP contribution in [0.15, 0.2) is 81.7 Å². The van der Waals surface area contributed by atoms with Gasteiger partial charge in [-0.15, -0.1) is 0 Å². The SMILES string of the molecule is CC(C)(C)OC(=O)N1C(c2cc3ccccc3o2)=CCC=C1c1cc2ccccc2o1. The molecule has 31 heavy (non-hydrogen) atoms. The third kappa shape index (κ3) is 3.63. The van der Waals surface area contributed by atoms with E-state index in [2.05, 4.69) is 0 Å². The predicted molar refractivity (Wildman–Crippen MR) is 121 cm³/mol. The van der Waals surface area contributed by atoms with Crippen LogP contribution in [0.5, 0.6) is 0 Å². The topological polar surface area (TPSA) is 55.8 Å². The summed E-state index contributed by atoms with van der Waals surface area (Å²) >= 11 is 0. The molecule has 0 aliphatic carbocycles. The fourth-order valence-corrected chi connectivity index (χ4v) is 3.74.